The molecule has 0 radical (unpaired) electrons. The summed E-state index contributed by atoms with van der Waals surface area (Å²) in [6.07, 6.45) is -0.408. The number of benzene rings is 2. The van der Waals surface area contributed by atoms with Crippen molar-refractivity contribution in [2.45, 2.75) is 39.7 Å². The molecule has 1 unspecified atom stereocenters. The zero-order chi connectivity index (χ0) is 26.4. The second-order valence-corrected chi connectivity index (χ2v) is 8.82. The van der Waals surface area contributed by atoms with E-state index >= 15 is 0 Å². The number of hydrogen-bond donors (Lipinski definition) is 1. The third-order valence-corrected chi connectivity index (χ3v) is 5.57. The van der Waals surface area contributed by atoms with Gasteiger partial charge in [0.1, 0.15) is 19.0 Å². The molecule has 1 aliphatic rings. The van der Waals surface area contributed by atoms with Crippen molar-refractivity contribution in [1.29, 1.82) is 0 Å². The highest BCUT2D eigenvalue weighted by Crippen LogP contribution is 2.40. The first kappa shape index (κ1) is 26.7. The maximum Gasteiger partial charge on any atom is 0.337 e. The molecule has 1 heterocycles. The topological polar surface area (TPSA) is 117 Å². The predicted octanol–water partition coefficient (Wildman–Crippen LogP) is 5.06. The Morgan fingerprint density at radius 1 is 1.03 bits per heavy atom. The van der Waals surface area contributed by atoms with Gasteiger partial charge in [0.2, 0.25) is 0 Å². The van der Waals surface area contributed by atoms with Gasteiger partial charge in [0, 0.05) is 28.5 Å². The van der Waals surface area contributed by atoms with Gasteiger partial charge in [-0.2, -0.15) is 0 Å². The van der Waals surface area contributed by atoms with Gasteiger partial charge in [-0.25, -0.2) is 9.59 Å². The van der Waals surface area contributed by atoms with Crippen LogP contribution >= 0.6 is 11.6 Å². The molecular weight excluding hydrogens is 488 g/mol. The second kappa shape index (κ2) is 11.7. The lowest BCUT2D eigenvalue weighted by atomic mass is 9.80. The summed E-state index contributed by atoms with van der Waals surface area (Å²) >= 11 is 5.95. The molecule has 0 aromatic heterocycles. The second-order valence-electron chi connectivity index (χ2n) is 8.38. The van der Waals surface area contributed by atoms with E-state index in [0.717, 1.165) is 0 Å². The van der Waals surface area contributed by atoms with E-state index in [2.05, 4.69) is 5.32 Å². The Kier molecular flexibility index (Phi) is 8.71. The average molecular weight is 515 g/mol. The maximum atomic E-state index is 13.3. The van der Waals surface area contributed by atoms with Crippen LogP contribution in [0.4, 0.5) is 5.69 Å². The molecule has 190 valence electrons. The van der Waals surface area contributed by atoms with E-state index in [-0.39, 0.29) is 30.0 Å². The molecule has 10 heteroatoms. The number of non-ortho nitro benzene ring substituents is 1. The average Bonchev–Trinajstić information content (AvgIpc) is 2.80. The van der Waals surface area contributed by atoms with E-state index < -0.39 is 28.9 Å². The molecule has 2 aromatic rings. The quantitative estimate of drug-likeness (QED) is 0.214. The molecule has 0 aliphatic carbocycles. The van der Waals surface area contributed by atoms with Crippen molar-refractivity contribution in [3.8, 4) is 5.75 Å². The van der Waals surface area contributed by atoms with Gasteiger partial charge in [0.15, 0.2) is 0 Å². The fourth-order valence-corrected chi connectivity index (χ4v) is 4.07. The molecule has 0 spiro atoms. The van der Waals surface area contributed by atoms with Crippen LogP contribution < -0.4 is 10.1 Å². The minimum atomic E-state index is -0.932. The fraction of sp³-hybridized carbons (Fsp3) is 0.308. The molecule has 1 aliphatic heterocycles. The van der Waals surface area contributed by atoms with E-state index in [1.807, 2.05) is 0 Å². The van der Waals surface area contributed by atoms with Gasteiger partial charge in [0.25, 0.3) is 5.69 Å². The van der Waals surface area contributed by atoms with Crippen molar-refractivity contribution in [1.82, 2.24) is 5.32 Å². The number of carbonyl (C=O) groups excluding carboxylic acids is 2. The van der Waals surface area contributed by atoms with Crippen LogP contribution in [-0.4, -0.2) is 36.2 Å². The number of nitrogens with zero attached hydrogens (tertiary/aromatic N) is 1. The first-order valence-electron chi connectivity index (χ1n) is 11.3. The first-order chi connectivity index (χ1) is 17.1. The van der Waals surface area contributed by atoms with Crippen molar-refractivity contribution in [3.05, 3.63) is 91.8 Å². The molecule has 2 aromatic carbocycles. The molecule has 0 saturated carbocycles. The van der Waals surface area contributed by atoms with E-state index in [1.165, 1.54) is 18.2 Å². The zero-order valence-electron chi connectivity index (χ0n) is 20.4. The normalized spacial score (nSPS) is 15.4. The van der Waals surface area contributed by atoms with Crippen LogP contribution in [0.3, 0.4) is 0 Å². The summed E-state index contributed by atoms with van der Waals surface area (Å²) in [4.78, 5) is 37.2. The lowest BCUT2D eigenvalue weighted by Gasteiger charge is -2.30. The number of nitro benzene ring substituents is 1. The van der Waals surface area contributed by atoms with Gasteiger partial charge >= 0.3 is 11.9 Å². The number of dihydropyridines is 1. The van der Waals surface area contributed by atoms with Crippen LogP contribution in [0.5, 0.6) is 5.75 Å². The SMILES string of the molecule is CC1=C(C(=O)OCCOc2cccc(Cl)c2)C(c2cccc([N+](=O)[O-])c2)C(C(=O)OC(C)C)=C(C)N1. The molecule has 0 bridgehead atoms. The monoisotopic (exact) mass is 514 g/mol. The van der Waals surface area contributed by atoms with E-state index in [9.17, 15) is 19.7 Å². The number of hydrogen-bond acceptors (Lipinski definition) is 8. The van der Waals surface area contributed by atoms with Crippen molar-refractivity contribution in [2.24, 2.45) is 0 Å². The number of ether oxygens (including phenoxy) is 3. The molecule has 0 amide bonds. The summed E-state index contributed by atoms with van der Waals surface area (Å²) in [5.41, 5.74) is 1.50. The Morgan fingerprint density at radius 2 is 1.69 bits per heavy atom. The van der Waals surface area contributed by atoms with Crippen molar-refractivity contribution >= 4 is 29.2 Å². The standard InChI is InChI=1S/C26H27ClN2O7/c1-15(2)36-26(31)23-17(4)28-16(3)22(24(23)18-7-5-9-20(13-18)29(32)33)25(30)35-12-11-34-21-10-6-8-19(27)14-21/h5-10,13-15,24,28H,11-12H2,1-4H3. The van der Waals surface area contributed by atoms with Gasteiger partial charge in [-0.15, -0.1) is 0 Å². The third-order valence-electron chi connectivity index (χ3n) is 5.34. The largest absolute Gasteiger partial charge is 0.490 e. The van der Waals surface area contributed by atoms with Gasteiger partial charge in [-0.1, -0.05) is 29.8 Å². The summed E-state index contributed by atoms with van der Waals surface area (Å²) in [6.45, 7) is 6.79. The van der Waals surface area contributed by atoms with E-state index in [0.29, 0.717) is 27.7 Å². The first-order valence-corrected chi connectivity index (χ1v) is 11.7. The molecule has 9 nitrogen and oxygen atoms in total. The number of rotatable bonds is 9. The van der Waals surface area contributed by atoms with Gasteiger partial charge < -0.3 is 19.5 Å². The van der Waals surface area contributed by atoms with Gasteiger partial charge in [0.05, 0.1) is 28.1 Å². The highest BCUT2D eigenvalue weighted by Gasteiger charge is 2.38. The summed E-state index contributed by atoms with van der Waals surface area (Å²) < 4.78 is 16.5. The number of nitrogens with one attached hydrogen (secondary N) is 1. The number of carbonyl (C=O) groups is 2. The Hall–Kier alpha value is -3.85. The highest BCUT2D eigenvalue weighted by atomic mass is 35.5. The van der Waals surface area contributed by atoms with Crippen molar-refractivity contribution in [2.75, 3.05) is 13.2 Å². The Labute approximate surface area is 213 Å². The van der Waals surface area contributed by atoms with Crippen LogP contribution in [-0.2, 0) is 19.1 Å². The molecule has 3 rings (SSSR count). The maximum absolute atomic E-state index is 13.3. The Morgan fingerprint density at radius 3 is 2.33 bits per heavy atom. The van der Waals surface area contributed by atoms with Crippen molar-refractivity contribution in [3.63, 3.8) is 0 Å². The molecular formula is C26H27ClN2O7. The minimum Gasteiger partial charge on any atom is -0.490 e. The third kappa shape index (κ3) is 6.42. The summed E-state index contributed by atoms with van der Waals surface area (Å²) in [7, 11) is 0. The van der Waals surface area contributed by atoms with Gasteiger partial charge in [-0.3, -0.25) is 10.1 Å². The van der Waals surface area contributed by atoms with E-state index in [1.54, 1.807) is 58.0 Å². The van der Waals surface area contributed by atoms with Crippen LogP contribution in [0.25, 0.3) is 0 Å². The fourth-order valence-electron chi connectivity index (χ4n) is 3.89. The summed E-state index contributed by atoms with van der Waals surface area (Å²) in [6, 6.07) is 12.6. The summed E-state index contributed by atoms with van der Waals surface area (Å²) in [5, 5.41) is 15.0. The molecule has 36 heavy (non-hydrogen) atoms. The highest BCUT2D eigenvalue weighted by molar-refractivity contribution is 6.30. The molecule has 1 atom stereocenters. The lowest BCUT2D eigenvalue weighted by Crippen LogP contribution is -2.33. The minimum absolute atomic E-state index is 0.0712. The number of nitro groups is 1. The van der Waals surface area contributed by atoms with Crippen LogP contribution in [0.15, 0.2) is 71.1 Å². The molecule has 1 N–H and O–H groups in total. The predicted molar refractivity (Wildman–Crippen MR) is 134 cm³/mol. The lowest BCUT2D eigenvalue weighted by molar-refractivity contribution is -0.384. The van der Waals surface area contributed by atoms with Crippen LogP contribution in [0.1, 0.15) is 39.2 Å². The number of allylic oxidation sites excluding steroid dienone is 2. The van der Waals surface area contributed by atoms with Crippen LogP contribution in [0, 0.1) is 10.1 Å². The number of halogens is 1. The molecule has 0 saturated heterocycles. The number of esters is 2. The zero-order valence-corrected chi connectivity index (χ0v) is 21.1. The van der Waals surface area contributed by atoms with E-state index in [4.69, 9.17) is 25.8 Å². The summed E-state index contributed by atoms with van der Waals surface area (Å²) in [5.74, 6) is -1.72. The smallest absolute Gasteiger partial charge is 0.337 e. The van der Waals surface area contributed by atoms with Crippen molar-refractivity contribution < 1.29 is 28.7 Å². The Balaban J connectivity index is 1.90. The molecule has 0 fully saturated rings. The Bertz CT molecular complexity index is 1240. The van der Waals surface area contributed by atoms with Gasteiger partial charge in [-0.05, 0) is 51.5 Å². The van der Waals surface area contributed by atoms with Crippen LogP contribution in [0.2, 0.25) is 5.02 Å².